The van der Waals surface area contributed by atoms with Gasteiger partial charge in [0.2, 0.25) is 0 Å². The number of hydrogen-bond donors (Lipinski definition) is 0. The largest absolute Gasteiger partial charge is 0.382 e. The third kappa shape index (κ3) is 2.41. The standard InChI is InChI=1S/C12H15NOS/c1-9-13-11(8-14-2)12(15-9)10-6-4-3-5-7-10/h3-7,11-12H,8H2,1-2H3. The van der Waals surface area contributed by atoms with Crippen molar-refractivity contribution in [3.8, 4) is 0 Å². The number of aliphatic imine (C=N–C) groups is 1. The van der Waals surface area contributed by atoms with E-state index in [9.17, 15) is 0 Å². The predicted molar refractivity (Wildman–Crippen MR) is 65.5 cm³/mol. The van der Waals surface area contributed by atoms with Crippen LogP contribution in [0.15, 0.2) is 35.3 Å². The number of hydrogen-bond acceptors (Lipinski definition) is 3. The zero-order valence-corrected chi connectivity index (χ0v) is 9.83. The van der Waals surface area contributed by atoms with Crippen molar-refractivity contribution in [2.75, 3.05) is 13.7 Å². The topological polar surface area (TPSA) is 21.6 Å². The van der Waals surface area contributed by atoms with E-state index in [4.69, 9.17) is 4.74 Å². The Morgan fingerprint density at radius 1 is 1.33 bits per heavy atom. The molecule has 0 radical (unpaired) electrons. The molecular weight excluding hydrogens is 206 g/mol. The number of benzene rings is 1. The lowest BCUT2D eigenvalue weighted by Crippen LogP contribution is -2.16. The molecule has 1 aromatic carbocycles. The lowest BCUT2D eigenvalue weighted by molar-refractivity contribution is 0.180. The summed E-state index contributed by atoms with van der Waals surface area (Å²) < 4.78 is 5.21. The number of methoxy groups -OCH3 is 1. The second-order valence-corrected chi connectivity index (χ2v) is 4.95. The molecule has 2 unspecified atom stereocenters. The molecule has 1 aliphatic rings. The molecule has 0 saturated heterocycles. The fourth-order valence-corrected chi connectivity index (χ4v) is 2.98. The lowest BCUT2D eigenvalue weighted by Gasteiger charge is -2.16. The van der Waals surface area contributed by atoms with E-state index in [0.717, 1.165) is 5.04 Å². The van der Waals surface area contributed by atoms with Gasteiger partial charge in [-0.3, -0.25) is 4.99 Å². The van der Waals surface area contributed by atoms with Crippen molar-refractivity contribution in [2.45, 2.75) is 18.2 Å². The summed E-state index contributed by atoms with van der Waals surface area (Å²) in [4.78, 5) is 4.59. The molecule has 15 heavy (non-hydrogen) atoms. The third-order valence-electron chi connectivity index (χ3n) is 2.46. The average Bonchev–Trinajstić information content (AvgIpc) is 2.62. The smallest absolute Gasteiger partial charge is 0.0905 e. The van der Waals surface area contributed by atoms with Crippen molar-refractivity contribution >= 4 is 16.8 Å². The highest BCUT2D eigenvalue weighted by molar-refractivity contribution is 8.14. The Kier molecular flexibility index (Phi) is 3.44. The second-order valence-electron chi connectivity index (χ2n) is 3.62. The van der Waals surface area contributed by atoms with Gasteiger partial charge in [0.05, 0.1) is 22.9 Å². The summed E-state index contributed by atoms with van der Waals surface area (Å²) in [5.41, 5.74) is 1.34. The molecule has 80 valence electrons. The van der Waals surface area contributed by atoms with E-state index < -0.39 is 0 Å². The van der Waals surface area contributed by atoms with Gasteiger partial charge in [0.25, 0.3) is 0 Å². The van der Waals surface area contributed by atoms with Crippen LogP contribution in [0.2, 0.25) is 0 Å². The van der Waals surface area contributed by atoms with Gasteiger partial charge in [-0.1, -0.05) is 30.3 Å². The highest BCUT2D eigenvalue weighted by Crippen LogP contribution is 2.39. The maximum absolute atomic E-state index is 5.21. The summed E-state index contributed by atoms with van der Waals surface area (Å²) in [6.45, 7) is 2.76. The normalized spacial score (nSPS) is 25.3. The van der Waals surface area contributed by atoms with Crippen molar-refractivity contribution in [3.05, 3.63) is 35.9 Å². The van der Waals surface area contributed by atoms with Crippen LogP contribution in [0, 0.1) is 0 Å². The zero-order valence-electron chi connectivity index (χ0n) is 9.01. The number of ether oxygens (including phenoxy) is 1. The van der Waals surface area contributed by atoms with Crippen LogP contribution in [0.25, 0.3) is 0 Å². The molecule has 2 nitrogen and oxygen atoms in total. The minimum absolute atomic E-state index is 0.266. The molecule has 0 spiro atoms. The van der Waals surface area contributed by atoms with Crippen molar-refractivity contribution < 1.29 is 4.74 Å². The Labute approximate surface area is 94.7 Å². The van der Waals surface area contributed by atoms with Crippen LogP contribution in [0.4, 0.5) is 0 Å². The first kappa shape index (κ1) is 10.7. The fourth-order valence-electron chi connectivity index (χ4n) is 1.82. The minimum Gasteiger partial charge on any atom is -0.382 e. The van der Waals surface area contributed by atoms with Crippen LogP contribution in [-0.2, 0) is 4.74 Å². The first-order valence-corrected chi connectivity index (χ1v) is 5.94. The van der Waals surface area contributed by atoms with Gasteiger partial charge in [0.15, 0.2) is 0 Å². The second kappa shape index (κ2) is 4.81. The van der Waals surface area contributed by atoms with Crippen LogP contribution >= 0.6 is 11.8 Å². The molecule has 3 heteroatoms. The third-order valence-corrected chi connectivity index (χ3v) is 3.75. The Balaban J connectivity index is 2.16. The highest BCUT2D eigenvalue weighted by atomic mass is 32.2. The molecule has 1 aliphatic heterocycles. The molecule has 0 bridgehead atoms. The predicted octanol–water partition coefficient (Wildman–Crippen LogP) is 2.91. The summed E-state index contributed by atoms with van der Waals surface area (Å²) in [6, 6.07) is 10.8. The van der Waals surface area contributed by atoms with E-state index in [-0.39, 0.29) is 6.04 Å². The van der Waals surface area contributed by atoms with Gasteiger partial charge in [0, 0.05) is 7.11 Å². The van der Waals surface area contributed by atoms with Crippen LogP contribution in [0.5, 0.6) is 0 Å². The van der Waals surface area contributed by atoms with E-state index in [0.29, 0.717) is 11.9 Å². The molecule has 0 aliphatic carbocycles. The number of rotatable bonds is 3. The molecule has 0 fully saturated rings. The molecule has 0 amide bonds. The molecule has 0 N–H and O–H groups in total. The monoisotopic (exact) mass is 221 g/mol. The van der Waals surface area contributed by atoms with Gasteiger partial charge in [0.1, 0.15) is 0 Å². The first-order chi connectivity index (χ1) is 7.31. The Morgan fingerprint density at radius 3 is 2.73 bits per heavy atom. The van der Waals surface area contributed by atoms with Crippen molar-refractivity contribution in [1.29, 1.82) is 0 Å². The molecule has 0 saturated carbocycles. The van der Waals surface area contributed by atoms with Crippen molar-refractivity contribution in [2.24, 2.45) is 4.99 Å². The molecule has 2 atom stereocenters. The lowest BCUT2D eigenvalue weighted by atomic mass is 10.1. The van der Waals surface area contributed by atoms with Gasteiger partial charge in [-0.25, -0.2) is 0 Å². The first-order valence-electron chi connectivity index (χ1n) is 5.06. The van der Waals surface area contributed by atoms with E-state index in [2.05, 4.69) is 36.2 Å². The van der Waals surface area contributed by atoms with Crippen LogP contribution in [0.1, 0.15) is 17.7 Å². The van der Waals surface area contributed by atoms with Crippen molar-refractivity contribution in [3.63, 3.8) is 0 Å². The van der Waals surface area contributed by atoms with Gasteiger partial charge in [-0.2, -0.15) is 0 Å². The summed E-state index contributed by atoms with van der Waals surface area (Å²) >= 11 is 1.84. The average molecular weight is 221 g/mol. The summed E-state index contributed by atoms with van der Waals surface area (Å²) in [5, 5.41) is 1.58. The molecule has 2 rings (SSSR count). The Morgan fingerprint density at radius 2 is 2.07 bits per heavy atom. The summed E-state index contributed by atoms with van der Waals surface area (Å²) in [6.07, 6.45) is 0. The van der Waals surface area contributed by atoms with Gasteiger partial charge in [-0.05, 0) is 12.5 Å². The quantitative estimate of drug-likeness (QED) is 0.782. The summed E-state index contributed by atoms with van der Waals surface area (Å²) in [5.74, 6) is 0. The molecule has 0 aromatic heterocycles. The Bertz CT molecular complexity index is 350. The van der Waals surface area contributed by atoms with Crippen LogP contribution in [-0.4, -0.2) is 24.8 Å². The highest BCUT2D eigenvalue weighted by Gasteiger charge is 2.29. The molecular formula is C12H15NOS. The van der Waals surface area contributed by atoms with Gasteiger partial charge < -0.3 is 4.74 Å². The summed E-state index contributed by atoms with van der Waals surface area (Å²) in [7, 11) is 1.73. The number of thioether (sulfide) groups is 1. The maximum atomic E-state index is 5.21. The van der Waals surface area contributed by atoms with E-state index >= 15 is 0 Å². The zero-order chi connectivity index (χ0) is 10.7. The van der Waals surface area contributed by atoms with Crippen LogP contribution in [0.3, 0.4) is 0 Å². The Hall–Kier alpha value is -0.800. The van der Waals surface area contributed by atoms with Gasteiger partial charge >= 0.3 is 0 Å². The number of nitrogens with zero attached hydrogens (tertiary/aromatic N) is 1. The minimum atomic E-state index is 0.266. The van der Waals surface area contributed by atoms with Gasteiger partial charge in [-0.15, -0.1) is 11.8 Å². The maximum Gasteiger partial charge on any atom is 0.0905 e. The fraction of sp³-hybridized carbons (Fsp3) is 0.417. The van der Waals surface area contributed by atoms with Crippen molar-refractivity contribution in [1.82, 2.24) is 0 Å². The van der Waals surface area contributed by atoms with E-state index in [1.54, 1.807) is 7.11 Å². The van der Waals surface area contributed by atoms with Crippen LogP contribution < -0.4 is 0 Å². The molecule has 1 heterocycles. The van der Waals surface area contributed by atoms with E-state index in [1.165, 1.54) is 5.56 Å². The SMILES string of the molecule is COCC1N=C(C)SC1c1ccccc1. The van der Waals surface area contributed by atoms with E-state index in [1.807, 2.05) is 17.8 Å². The molecule has 1 aromatic rings.